The number of rotatable bonds is 3. The molecular formula is C12H11Br2NO. The van der Waals surface area contributed by atoms with E-state index in [1.807, 2.05) is 18.2 Å². The average molecular weight is 345 g/mol. The molecule has 0 saturated carbocycles. The van der Waals surface area contributed by atoms with Crippen LogP contribution in [-0.4, -0.2) is 5.78 Å². The number of nitrogens with zero attached hydrogens (tertiary/aromatic N) is 1. The van der Waals surface area contributed by atoms with Crippen molar-refractivity contribution in [2.75, 3.05) is 0 Å². The summed E-state index contributed by atoms with van der Waals surface area (Å²) < 4.78 is 1.78. The lowest BCUT2D eigenvalue weighted by Crippen LogP contribution is -2.23. The molecule has 2 nitrogen and oxygen atoms in total. The number of Topliss-reactive ketones (excluding diaryl/α,β-unsaturated/α-hetero) is 1. The van der Waals surface area contributed by atoms with E-state index in [0.717, 1.165) is 14.5 Å². The molecule has 1 atom stereocenters. The molecule has 0 saturated heterocycles. The summed E-state index contributed by atoms with van der Waals surface area (Å²) in [4.78, 5) is 11.2. The third kappa shape index (κ3) is 2.93. The summed E-state index contributed by atoms with van der Waals surface area (Å²) in [6.07, 6.45) is 0.226. The van der Waals surface area contributed by atoms with Gasteiger partial charge in [0.1, 0.15) is 5.78 Å². The van der Waals surface area contributed by atoms with Crippen molar-refractivity contribution in [2.45, 2.75) is 25.7 Å². The molecule has 0 aliphatic carbocycles. The minimum Gasteiger partial charge on any atom is -0.300 e. The summed E-state index contributed by atoms with van der Waals surface area (Å²) in [6.45, 7) is 3.28. The van der Waals surface area contributed by atoms with Gasteiger partial charge in [0.15, 0.2) is 0 Å². The summed E-state index contributed by atoms with van der Waals surface area (Å²) in [6, 6.07) is 7.83. The van der Waals surface area contributed by atoms with Gasteiger partial charge >= 0.3 is 0 Å². The van der Waals surface area contributed by atoms with Gasteiger partial charge in [-0.25, -0.2) is 0 Å². The van der Waals surface area contributed by atoms with Gasteiger partial charge in [-0.1, -0.05) is 37.9 Å². The van der Waals surface area contributed by atoms with Crippen LogP contribution in [0.2, 0.25) is 0 Å². The maximum absolute atomic E-state index is 11.2. The molecule has 1 aromatic rings. The minimum absolute atomic E-state index is 0.0128. The Balaban J connectivity index is 3.24. The molecule has 0 fully saturated rings. The Kier molecular flexibility index (Phi) is 4.28. The highest BCUT2D eigenvalue weighted by molar-refractivity contribution is 9.11. The Hall–Kier alpha value is -0.660. The molecule has 0 radical (unpaired) electrons. The summed E-state index contributed by atoms with van der Waals surface area (Å²) >= 11 is 6.78. The lowest BCUT2D eigenvalue weighted by atomic mass is 9.80. The van der Waals surface area contributed by atoms with Crippen LogP contribution in [0.1, 0.15) is 25.8 Å². The predicted molar refractivity (Wildman–Crippen MR) is 70.1 cm³/mol. The van der Waals surface area contributed by atoms with Crippen LogP contribution in [0.15, 0.2) is 27.1 Å². The van der Waals surface area contributed by atoms with E-state index in [4.69, 9.17) is 0 Å². The number of ketones is 1. The van der Waals surface area contributed by atoms with Gasteiger partial charge in [-0.3, -0.25) is 4.79 Å². The van der Waals surface area contributed by atoms with Crippen LogP contribution in [0, 0.1) is 11.3 Å². The lowest BCUT2D eigenvalue weighted by molar-refractivity contribution is -0.117. The highest BCUT2D eigenvalue weighted by Gasteiger charge is 2.30. The van der Waals surface area contributed by atoms with Gasteiger partial charge in [0, 0.05) is 15.4 Å². The van der Waals surface area contributed by atoms with Crippen LogP contribution in [0.3, 0.4) is 0 Å². The van der Waals surface area contributed by atoms with Gasteiger partial charge in [-0.05, 0) is 31.5 Å². The van der Waals surface area contributed by atoms with E-state index in [1.54, 1.807) is 6.92 Å². The first-order valence-corrected chi connectivity index (χ1v) is 6.34. The fraction of sp³-hybridized carbons (Fsp3) is 0.333. The van der Waals surface area contributed by atoms with Crippen LogP contribution in [0.5, 0.6) is 0 Å². The zero-order chi connectivity index (χ0) is 12.3. The van der Waals surface area contributed by atoms with Crippen molar-refractivity contribution in [3.05, 3.63) is 32.7 Å². The van der Waals surface area contributed by atoms with Crippen LogP contribution in [-0.2, 0) is 10.2 Å². The Morgan fingerprint density at radius 3 is 2.56 bits per heavy atom. The summed E-state index contributed by atoms with van der Waals surface area (Å²) in [7, 11) is 0. The third-order valence-corrected chi connectivity index (χ3v) is 3.52. The molecule has 1 aromatic carbocycles. The van der Waals surface area contributed by atoms with Crippen molar-refractivity contribution in [1.29, 1.82) is 5.26 Å². The average Bonchev–Trinajstić information content (AvgIpc) is 2.16. The Morgan fingerprint density at radius 1 is 1.50 bits per heavy atom. The zero-order valence-electron chi connectivity index (χ0n) is 9.05. The molecule has 0 aliphatic heterocycles. The number of benzene rings is 1. The molecule has 1 unspecified atom stereocenters. The van der Waals surface area contributed by atoms with Gasteiger partial charge < -0.3 is 0 Å². The summed E-state index contributed by atoms with van der Waals surface area (Å²) in [5.41, 5.74) is 0.0687. The standard InChI is InChI=1S/C12H11Br2NO/c1-8(16)6-12(2,7-15)10-4-3-9(13)5-11(10)14/h3-5H,6H2,1-2H3. The fourth-order valence-corrected chi connectivity index (χ4v) is 3.11. The first-order valence-electron chi connectivity index (χ1n) is 4.75. The van der Waals surface area contributed by atoms with Crippen LogP contribution in [0.4, 0.5) is 0 Å². The number of nitriles is 1. The van der Waals surface area contributed by atoms with Crippen molar-refractivity contribution in [3.8, 4) is 6.07 Å². The topological polar surface area (TPSA) is 40.9 Å². The Labute approximate surface area is 112 Å². The highest BCUT2D eigenvalue weighted by Crippen LogP contribution is 2.34. The van der Waals surface area contributed by atoms with Crippen LogP contribution >= 0.6 is 31.9 Å². The molecule has 0 bridgehead atoms. The van der Waals surface area contributed by atoms with E-state index in [-0.39, 0.29) is 12.2 Å². The number of carbonyl (C=O) groups excluding carboxylic acids is 1. The van der Waals surface area contributed by atoms with Gasteiger partial charge in [0.25, 0.3) is 0 Å². The van der Waals surface area contributed by atoms with E-state index in [0.29, 0.717) is 0 Å². The van der Waals surface area contributed by atoms with Gasteiger partial charge in [-0.2, -0.15) is 5.26 Å². The molecule has 84 valence electrons. The Bertz CT molecular complexity index is 465. The van der Waals surface area contributed by atoms with Crippen LogP contribution in [0.25, 0.3) is 0 Å². The van der Waals surface area contributed by atoms with Crippen molar-refractivity contribution in [1.82, 2.24) is 0 Å². The maximum atomic E-state index is 11.2. The first kappa shape index (κ1) is 13.4. The van der Waals surface area contributed by atoms with Crippen molar-refractivity contribution < 1.29 is 4.79 Å². The van der Waals surface area contributed by atoms with Gasteiger partial charge in [0.05, 0.1) is 11.5 Å². The molecule has 0 spiro atoms. The fourth-order valence-electron chi connectivity index (χ4n) is 1.63. The molecule has 16 heavy (non-hydrogen) atoms. The minimum atomic E-state index is -0.772. The number of halogens is 2. The zero-order valence-corrected chi connectivity index (χ0v) is 12.2. The number of carbonyl (C=O) groups is 1. The molecule has 0 heterocycles. The highest BCUT2D eigenvalue weighted by atomic mass is 79.9. The van der Waals surface area contributed by atoms with Gasteiger partial charge in [-0.15, -0.1) is 0 Å². The number of hydrogen-bond donors (Lipinski definition) is 0. The summed E-state index contributed by atoms with van der Waals surface area (Å²) in [5.74, 6) is 0.0128. The van der Waals surface area contributed by atoms with E-state index in [2.05, 4.69) is 37.9 Å². The molecule has 4 heteroatoms. The second-order valence-corrected chi connectivity index (χ2v) is 5.72. The van der Waals surface area contributed by atoms with E-state index in [9.17, 15) is 10.1 Å². The van der Waals surface area contributed by atoms with Crippen molar-refractivity contribution in [2.24, 2.45) is 0 Å². The van der Waals surface area contributed by atoms with Crippen molar-refractivity contribution >= 4 is 37.6 Å². The van der Waals surface area contributed by atoms with E-state index in [1.165, 1.54) is 6.92 Å². The Morgan fingerprint density at radius 2 is 2.12 bits per heavy atom. The third-order valence-electron chi connectivity index (χ3n) is 2.37. The monoisotopic (exact) mass is 343 g/mol. The lowest BCUT2D eigenvalue weighted by Gasteiger charge is -2.22. The summed E-state index contributed by atoms with van der Waals surface area (Å²) in [5, 5.41) is 9.25. The second kappa shape index (κ2) is 5.11. The van der Waals surface area contributed by atoms with E-state index >= 15 is 0 Å². The number of hydrogen-bond acceptors (Lipinski definition) is 2. The quantitative estimate of drug-likeness (QED) is 0.832. The van der Waals surface area contributed by atoms with Crippen molar-refractivity contribution in [3.63, 3.8) is 0 Å². The molecule has 0 aromatic heterocycles. The smallest absolute Gasteiger partial charge is 0.131 e. The maximum Gasteiger partial charge on any atom is 0.131 e. The van der Waals surface area contributed by atoms with Crippen LogP contribution < -0.4 is 0 Å². The molecular weight excluding hydrogens is 334 g/mol. The second-order valence-electron chi connectivity index (χ2n) is 3.95. The predicted octanol–water partition coefficient (Wildman–Crippen LogP) is 3.97. The first-order chi connectivity index (χ1) is 7.39. The molecule has 0 amide bonds. The molecule has 0 N–H and O–H groups in total. The molecule has 0 aliphatic rings. The van der Waals surface area contributed by atoms with Gasteiger partial charge in [0.2, 0.25) is 0 Å². The normalized spacial score (nSPS) is 13.9. The molecule has 1 rings (SSSR count). The van der Waals surface area contributed by atoms with E-state index < -0.39 is 5.41 Å². The largest absolute Gasteiger partial charge is 0.300 e. The SMILES string of the molecule is CC(=O)CC(C)(C#N)c1ccc(Br)cc1Br.